The number of para-hydroxylation sites is 1. The van der Waals surface area contributed by atoms with Crippen molar-refractivity contribution >= 4 is 11.6 Å². The van der Waals surface area contributed by atoms with Gasteiger partial charge in [-0.25, -0.2) is 0 Å². The molecule has 0 unspecified atom stereocenters. The summed E-state index contributed by atoms with van der Waals surface area (Å²) in [5.41, 5.74) is 6.33. The van der Waals surface area contributed by atoms with Crippen molar-refractivity contribution in [1.82, 2.24) is 5.32 Å². The Morgan fingerprint density at radius 2 is 2.31 bits per heavy atom. The van der Waals surface area contributed by atoms with Crippen molar-refractivity contribution in [2.75, 3.05) is 12.3 Å². The number of nitrogens with one attached hydrogen (secondary N) is 1. The molecule has 0 bridgehead atoms. The van der Waals surface area contributed by atoms with Crippen LogP contribution in [0.5, 0.6) is 5.75 Å². The summed E-state index contributed by atoms with van der Waals surface area (Å²) in [4.78, 5) is 10.6. The lowest BCUT2D eigenvalue weighted by atomic mass is 10.2. The van der Waals surface area contributed by atoms with Crippen molar-refractivity contribution in [3.63, 3.8) is 0 Å². The molecule has 0 aliphatic rings. The van der Waals surface area contributed by atoms with Crippen LogP contribution in [0, 0.1) is 11.8 Å². The normalized spacial score (nSPS) is 9.06. The Labute approximate surface area is 94.5 Å². The van der Waals surface area contributed by atoms with Gasteiger partial charge in [0.1, 0.15) is 0 Å². The maximum atomic E-state index is 10.6. The third-order valence-electron chi connectivity index (χ3n) is 1.91. The van der Waals surface area contributed by atoms with Crippen LogP contribution in [0.4, 0.5) is 5.69 Å². The summed E-state index contributed by atoms with van der Waals surface area (Å²) in [7, 11) is 0. The number of nitrogens with two attached hydrogens (primary N) is 1. The first-order valence-corrected chi connectivity index (χ1v) is 4.92. The third kappa shape index (κ3) is 3.54. The molecule has 0 atom stereocenters. The fourth-order valence-corrected chi connectivity index (χ4v) is 1.12. The van der Waals surface area contributed by atoms with E-state index in [9.17, 15) is 9.90 Å². The number of carbonyl (C=O) groups excluding carboxylic acids is 1. The molecule has 1 aromatic rings. The number of nitrogen functional groups attached to an aromatic ring is 1. The monoisotopic (exact) mass is 218 g/mol. The average molecular weight is 218 g/mol. The van der Waals surface area contributed by atoms with Gasteiger partial charge >= 0.3 is 0 Å². The van der Waals surface area contributed by atoms with E-state index in [0.29, 0.717) is 24.2 Å². The zero-order valence-corrected chi connectivity index (χ0v) is 9.08. The smallest absolute Gasteiger partial charge is 0.216 e. The first-order valence-electron chi connectivity index (χ1n) is 4.92. The number of phenols is 1. The number of carbonyl (C=O) groups is 1. The molecule has 1 rings (SSSR count). The van der Waals surface area contributed by atoms with Crippen LogP contribution in [0.2, 0.25) is 0 Å². The van der Waals surface area contributed by atoms with Crippen molar-refractivity contribution in [3.8, 4) is 17.6 Å². The van der Waals surface area contributed by atoms with Crippen LogP contribution in [0.25, 0.3) is 0 Å². The Morgan fingerprint density at radius 3 is 3.00 bits per heavy atom. The minimum atomic E-state index is -0.0754. The van der Waals surface area contributed by atoms with E-state index in [1.54, 1.807) is 18.2 Å². The second-order valence-electron chi connectivity index (χ2n) is 3.28. The largest absolute Gasteiger partial charge is 0.505 e. The van der Waals surface area contributed by atoms with Crippen LogP contribution >= 0.6 is 0 Å². The first-order chi connectivity index (χ1) is 7.61. The van der Waals surface area contributed by atoms with Crippen molar-refractivity contribution in [1.29, 1.82) is 0 Å². The SMILES string of the molecule is CC(=O)NCCC#Cc1cccc(N)c1O. The highest BCUT2D eigenvalue weighted by atomic mass is 16.3. The number of phenolic OH excluding ortho intramolecular Hbond substituents is 1. The molecular formula is C12H14N2O2. The fraction of sp³-hybridized carbons (Fsp3) is 0.250. The van der Waals surface area contributed by atoms with Gasteiger partial charge in [0.2, 0.25) is 5.91 Å². The molecular weight excluding hydrogens is 204 g/mol. The molecule has 84 valence electrons. The Morgan fingerprint density at radius 1 is 1.56 bits per heavy atom. The van der Waals surface area contributed by atoms with Crippen LogP contribution in [0.15, 0.2) is 18.2 Å². The summed E-state index contributed by atoms with van der Waals surface area (Å²) in [6.07, 6.45) is 0.536. The van der Waals surface area contributed by atoms with E-state index in [0.717, 1.165) is 0 Å². The quantitative estimate of drug-likeness (QED) is 0.298. The van der Waals surface area contributed by atoms with Crippen molar-refractivity contribution in [2.45, 2.75) is 13.3 Å². The number of hydrogen-bond donors (Lipinski definition) is 3. The molecule has 4 heteroatoms. The fourth-order valence-electron chi connectivity index (χ4n) is 1.12. The maximum absolute atomic E-state index is 10.6. The lowest BCUT2D eigenvalue weighted by Crippen LogP contribution is -2.20. The lowest BCUT2D eigenvalue weighted by Gasteiger charge is -1.99. The Kier molecular flexibility index (Phi) is 4.22. The van der Waals surface area contributed by atoms with Crippen molar-refractivity contribution in [3.05, 3.63) is 23.8 Å². The van der Waals surface area contributed by atoms with E-state index in [2.05, 4.69) is 17.2 Å². The Hall–Kier alpha value is -2.15. The summed E-state index contributed by atoms with van der Waals surface area (Å²) >= 11 is 0. The Bertz CT molecular complexity index is 444. The van der Waals surface area contributed by atoms with Gasteiger partial charge in [0.15, 0.2) is 5.75 Å². The summed E-state index contributed by atoms with van der Waals surface area (Å²) in [6.45, 7) is 1.96. The van der Waals surface area contributed by atoms with Crippen LogP contribution in [0.1, 0.15) is 18.9 Å². The number of aromatic hydroxyl groups is 1. The standard InChI is InChI=1S/C12H14N2O2/c1-9(15)14-8-3-2-5-10-6-4-7-11(13)12(10)16/h4,6-7,16H,3,8,13H2,1H3,(H,14,15). The zero-order chi connectivity index (χ0) is 12.0. The molecule has 0 spiro atoms. The molecule has 0 heterocycles. The van der Waals surface area contributed by atoms with Gasteiger partial charge in [-0.2, -0.15) is 0 Å². The first kappa shape index (κ1) is 11.9. The molecule has 0 saturated heterocycles. The molecule has 0 aliphatic heterocycles. The van der Waals surface area contributed by atoms with Gasteiger partial charge in [0.25, 0.3) is 0 Å². The summed E-state index contributed by atoms with van der Waals surface area (Å²) in [5.74, 6) is 5.57. The molecule has 0 aromatic heterocycles. The second-order valence-corrected chi connectivity index (χ2v) is 3.28. The summed E-state index contributed by atoms with van der Waals surface area (Å²) < 4.78 is 0. The van der Waals surface area contributed by atoms with Crippen LogP contribution in [-0.4, -0.2) is 17.6 Å². The number of anilines is 1. The number of amides is 1. The molecule has 0 saturated carbocycles. The van der Waals surface area contributed by atoms with Gasteiger partial charge in [-0.1, -0.05) is 17.9 Å². The van der Waals surface area contributed by atoms with Gasteiger partial charge in [-0.3, -0.25) is 4.79 Å². The van der Waals surface area contributed by atoms with Gasteiger partial charge < -0.3 is 16.2 Å². The molecule has 0 fully saturated rings. The van der Waals surface area contributed by atoms with Crippen LogP contribution < -0.4 is 11.1 Å². The Balaban J connectivity index is 2.56. The highest BCUT2D eigenvalue weighted by molar-refractivity contribution is 5.72. The zero-order valence-electron chi connectivity index (χ0n) is 9.08. The molecule has 0 aliphatic carbocycles. The number of benzene rings is 1. The maximum Gasteiger partial charge on any atom is 0.216 e. The highest BCUT2D eigenvalue weighted by Crippen LogP contribution is 2.23. The van der Waals surface area contributed by atoms with E-state index >= 15 is 0 Å². The average Bonchev–Trinajstić information content (AvgIpc) is 2.23. The van der Waals surface area contributed by atoms with E-state index < -0.39 is 0 Å². The second kappa shape index (κ2) is 5.66. The van der Waals surface area contributed by atoms with Crippen LogP contribution in [-0.2, 0) is 4.79 Å². The molecule has 1 aromatic carbocycles. The highest BCUT2D eigenvalue weighted by Gasteiger charge is 1.99. The molecule has 0 radical (unpaired) electrons. The predicted molar refractivity (Wildman–Crippen MR) is 62.7 cm³/mol. The van der Waals surface area contributed by atoms with Gasteiger partial charge in [0, 0.05) is 19.9 Å². The van der Waals surface area contributed by atoms with Crippen molar-refractivity contribution in [2.24, 2.45) is 0 Å². The van der Waals surface area contributed by atoms with E-state index in [1.807, 2.05) is 0 Å². The minimum absolute atomic E-state index is 0.00882. The van der Waals surface area contributed by atoms with Gasteiger partial charge in [-0.15, -0.1) is 0 Å². The molecule has 4 nitrogen and oxygen atoms in total. The molecule has 4 N–H and O–H groups in total. The molecule has 16 heavy (non-hydrogen) atoms. The predicted octanol–water partition coefficient (Wildman–Crippen LogP) is 0.852. The summed E-state index contributed by atoms with van der Waals surface area (Å²) in [5, 5.41) is 12.2. The third-order valence-corrected chi connectivity index (χ3v) is 1.91. The van der Waals surface area contributed by atoms with Crippen molar-refractivity contribution < 1.29 is 9.90 Å². The lowest BCUT2D eigenvalue weighted by molar-refractivity contribution is -0.118. The van der Waals surface area contributed by atoms with E-state index in [1.165, 1.54) is 6.92 Å². The van der Waals surface area contributed by atoms with Gasteiger partial charge in [-0.05, 0) is 12.1 Å². The summed E-state index contributed by atoms with van der Waals surface area (Å²) in [6, 6.07) is 5.03. The number of hydrogen-bond acceptors (Lipinski definition) is 3. The van der Waals surface area contributed by atoms with E-state index in [-0.39, 0.29) is 11.7 Å². The number of rotatable bonds is 2. The van der Waals surface area contributed by atoms with E-state index in [4.69, 9.17) is 5.73 Å². The van der Waals surface area contributed by atoms with Crippen LogP contribution in [0.3, 0.4) is 0 Å². The topological polar surface area (TPSA) is 75.4 Å². The molecule has 1 amide bonds. The van der Waals surface area contributed by atoms with Gasteiger partial charge in [0.05, 0.1) is 11.3 Å². The minimum Gasteiger partial charge on any atom is -0.505 e.